The molecule has 1 atom stereocenters. The first-order valence-corrected chi connectivity index (χ1v) is 11.0. The van der Waals surface area contributed by atoms with E-state index in [1.165, 1.54) is 0 Å². The summed E-state index contributed by atoms with van der Waals surface area (Å²) in [6, 6.07) is 7.76. The highest BCUT2D eigenvalue weighted by atomic mass is 16.5. The normalized spacial score (nSPS) is 16.5. The lowest BCUT2D eigenvalue weighted by molar-refractivity contribution is -0.134. The van der Waals surface area contributed by atoms with Crippen LogP contribution in [-0.2, 0) is 18.3 Å². The molecule has 0 aliphatic carbocycles. The number of nitrogens with zero attached hydrogens (tertiary/aromatic N) is 4. The van der Waals surface area contributed by atoms with Crippen LogP contribution in [0.15, 0.2) is 35.0 Å². The van der Waals surface area contributed by atoms with Gasteiger partial charge in [0.2, 0.25) is 5.91 Å². The molecule has 1 saturated heterocycles. The van der Waals surface area contributed by atoms with E-state index < -0.39 is 0 Å². The fourth-order valence-corrected chi connectivity index (χ4v) is 4.34. The first kappa shape index (κ1) is 21.2. The Balaban J connectivity index is 1.60. The van der Waals surface area contributed by atoms with Crippen LogP contribution in [0.5, 0.6) is 5.75 Å². The van der Waals surface area contributed by atoms with Crippen molar-refractivity contribution in [2.24, 2.45) is 7.05 Å². The maximum Gasteiger partial charge on any atom is 0.227 e. The second kappa shape index (κ2) is 8.96. The third-order valence-corrected chi connectivity index (χ3v) is 6.11. The minimum Gasteiger partial charge on any atom is -0.494 e. The molecule has 0 N–H and O–H groups in total. The summed E-state index contributed by atoms with van der Waals surface area (Å²) < 4.78 is 13.0. The van der Waals surface area contributed by atoms with Crippen LogP contribution in [0.1, 0.15) is 54.7 Å². The Labute approximate surface area is 183 Å². The van der Waals surface area contributed by atoms with Gasteiger partial charge in [0.25, 0.3) is 0 Å². The van der Waals surface area contributed by atoms with Gasteiger partial charge in [-0.3, -0.25) is 9.48 Å². The molecule has 2 aromatic heterocycles. The molecule has 7 nitrogen and oxygen atoms in total. The van der Waals surface area contributed by atoms with Crippen molar-refractivity contribution in [2.45, 2.75) is 52.5 Å². The summed E-state index contributed by atoms with van der Waals surface area (Å²) in [5, 5.41) is 8.62. The number of likely N-dealkylation sites (tertiary alicyclic amines) is 1. The fourth-order valence-electron chi connectivity index (χ4n) is 4.34. The predicted molar refractivity (Wildman–Crippen MR) is 118 cm³/mol. The summed E-state index contributed by atoms with van der Waals surface area (Å²) in [6.45, 7) is 7.28. The maximum atomic E-state index is 13.3. The summed E-state index contributed by atoms with van der Waals surface area (Å²) in [4.78, 5) is 15.4. The molecule has 4 rings (SSSR count). The van der Waals surface area contributed by atoms with Gasteiger partial charge in [-0.05, 0) is 57.7 Å². The van der Waals surface area contributed by atoms with E-state index in [0.717, 1.165) is 65.4 Å². The Kier molecular flexibility index (Phi) is 6.11. The fraction of sp³-hybridized carbons (Fsp3) is 0.458. The number of ether oxygens (including phenoxy) is 1. The van der Waals surface area contributed by atoms with Crippen LogP contribution in [0.4, 0.5) is 0 Å². The van der Waals surface area contributed by atoms with Crippen LogP contribution < -0.4 is 4.74 Å². The van der Waals surface area contributed by atoms with Crippen molar-refractivity contribution in [1.29, 1.82) is 0 Å². The lowest BCUT2D eigenvalue weighted by Gasteiger charge is -2.36. The Hall–Kier alpha value is -3.09. The molecule has 31 heavy (non-hydrogen) atoms. The molecule has 164 valence electrons. The van der Waals surface area contributed by atoms with Crippen molar-refractivity contribution >= 4 is 5.91 Å². The van der Waals surface area contributed by atoms with E-state index in [9.17, 15) is 4.79 Å². The summed E-state index contributed by atoms with van der Waals surface area (Å²) in [6.07, 6.45) is 5.20. The van der Waals surface area contributed by atoms with Crippen molar-refractivity contribution in [3.63, 3.8) is 0 Å². The monoisotopic (exact) mass is 422 g/mol. The minimum atomic E-state index is -0.0312. The van der Waals surface area contributed by atoms with E-state index in [1.807, 2.05) is 67.9 Å². The minimum absolute atomic E-state index is 0.0312. The van der Waals surface area contributed by atoms with Crippen LogP contribution in [-0.4, -0.2) is 38.9 Å². The van der Waals surface area contributed by atoms with Crippen molar-refractivity contribution < 1.29 is 14.1 Å². The summed E-state index contributed by atoms with van der Waals surface area (Å²) in [5.74, 6) is 1.70. The number of benzene rings is 1. The Morgan fingerprint density at radius 3 is 2.68 bits per heavy atom. The van der Waals surface area contributed by atoms with E-state index in [2.05, 4.69) is 10.3 Å². The van der Waals surface area contributed by atoms with Crippen LogP contribution in [0.3, 0.4) is 0 Å². The standard InChI is InChI=1S/C24H30N4O3/c1-5-30-19-11-9-18(10-12-19)14-22(29)28-13-7-6-8-21(28)23-20(15-25-27(23)4)24-16(2)17(3)26-31-24/h9-12,15,21H,5-8,13-14H2,1-4H3/t21-/m0/s1. The van der Waals surface area contributed by atoms with E-state index >= 15 is 0 Å². The molecule has 0 spiro atoms. The van der Waals surface area contributed by atoms with Gasteiger partial charge in [0.05, 0.1) is 42.2 Å². The topological polar surface area (TPSA) is 73.4 Å². The molecule has 0 unspecified atom stereocenters. The number of aryl methyl sites for hydroxylation is 2. The van der Waals surface area contributed by atoms with Gasteiger partial charge >= 0.3 is 0 Å². The Bertz CT molecular complexity index is 1050. The molecule has 3 aromatic rings. The summed E-state index contributed by atoms with van der Waals surface area (Å²) in [5.41, 5.74) is 4.81. The number of carbonyl (C=O) groups excluding carboxylic acids is 1. The molecule has 0 bridgehead atoms. The highest BCUT2D eigenvalue weighted by Gasteiger charge is 2.33. The highest BCUT2D eigenvalue weighted by Crippen LogP contribution is 2.38. The molecule has 3 heterocycles. The molecule has 1 aromatic carbocycles. The van der Waals surface area contributed by atoms with Crippen molar-refractivity contribution in [2.75, 3.05) is 13.2 Å². The molecule has 1 amide bonds. The summed E-state index contributed by atoms with van der Waals surface area (Å²) in [7, 11) is 1.93. The van der Waals surface area contributed by atoms with Crippen LogP contribution in [0, 0.1) is 13.8 Å². The van der Waals surface area contributed by atoms with Gasteiger partial charge in [-0.25, -0.2) is 0 Å². The van der Waals surface area contributed by atoms with Gasteiger partial charge in [0, 0.05) is 19.2 Å². The highest BCUT2D eigenvalue weighted by molar-refractivity contribution is 5.80. The van der Waals surface area contributed by atoms with Gasteiger partial charge < -0.3 is 14.2 Å². The summed E-state index contributed by atoms with van der Waals surface area (Å²) >= 11 is 0. The smallest absolute Gasteiger partial charge is 0.227 e. The number of amides is 1. The van der Waals surface area contributed by atoms with Gasteiger partial charge in [-0.1, -0.05) is 17.3 Å². The SMILES string of the molecule is CCOc1ccc(CC(=O)N2CCCC[C@H]2c2c(-c3onc(C)c3C)cnn2C)cc1. The van der Waals surface area contributed by atoms with E-state index in [-0.39, 0.29) is 11.9 Å². The van der Waals surface area contributed by atoms with Crippen LogP contribution in [0.25, 0.3) is 11.3 Å². The molecule has 0 saturated carbocycles. The Morgan fingerprint density at radius 1 is 1.23 bits per heavy atom. The average molecular weight is 423 g/mol. The van der Waals surface area contributed by atoms with Crippen molar-refractivity contribution in [3.8, 4) is 17.1 Å². The quantitative estimate of drug-likeness (QED) is 0.589. The van der Waals surface area contributed by atoms with Crippen molar-refractivity contribution in [1.82, 2.24) is 19.8 Å². The molecular weight excluding hydrogens is 392 g/mol. The van der Waals surface area contributed by atoms with Crippen LogP contribution >= 0.6 is 0 Å². The molecule has 7 heteroatoms. The second-order valence-corrected chi connectivity index (χ2v) is 8.14. The van der Waals surface area contributed by atoms with Crippen LogP contribution in [0.2, 0.25) is 0 Å². The predicted octanol–water partition coefficient (Wildman–Crippen LogP) is 4.39. The lowest BCUT2D eigenvalue weighted by atomic mass is 9.94. The van der Waals surface area contributed by atoms with E-state index in [0.29, 0.717) is 13.0 Å². The number of aromatic nitrogens is 3. The van der Waals surface area contributed by atoms with Crippen molar-refractivity contribution in [3.05, 3.63) is 53.0 Å². The molecular formula is C24H30N4O3. The molecule has 1 fully saturated rings. The van der Waals surface area contributed by atoms with E-state index in [1.54, 1.807) is 0 Å². The molecule has 0 radical (unpaired) electrons. The molecule has 1 aliphatic rings. The Morgan fingerprint density at radius 2 is 2.00 bits per heavy atom. The number of rotatable bonds is 6. The largest absolute Gasteiger partial charge is 0.494 e. The van der Waals surface area contributed by atoms with Gasteiger partial charge in [-0.2, -0.15) is 5.10 Å². The third-order valence-electron chi connectivity index (χ3n) is 6.11. The molecule has 1 aliphatic heterocycles. The maximum absolute atomic E-state index is 13.3. The second-order valence-electron chi connectivity index (χ2n) is 8.14. The zero-order valence-electron chi connectivity index (χ0n) is 18.7. The number of hydrogen-bond acceptors (Lipinski definition) is 5. The first-order chi connectivity index (χ1) is 15.0. The lowest BCUT2D eigenvalue weighted by Crippen LogP contribution is -2.40. The van der Waals surface area contributed by atoms with E-state index in [4.69, 9.17) is 9.26 Å². The van der Waals surface area contributed by atoms with Gasteiger partial charge in [0.1, 0.15) is 5.75 Å². The first-order valence-electron chi connectivity index (χ1n) is 11.0. The zero-order chi connectivity index (χ0) is 22.0. The zero-order valence-corrected chi connectivity index (χ0v) is 18.7. The van der Waals surface area contributed by atoms with Gasteiger partial charge in [-0.15, -0.1) is 0 Å². The number of hydrogen-bond donors (Lipinski definition) is 0. The average Bonchev–Trinajstić information content (AvgIpc) is 3.31. The number of piperidine rings is 1. The number of carbonyl (C=O) groups is 1. The van der Waals surface area contributed by atoms with Gasteiger partial charge in [0.15, 0.2) is 5.76 Å². The third kappa shape index (κ3) is 4.22.